The van der Waals surface area contributed by atoms with Gasteiger partial charge in [-0.1, -0.05) is 12.1 Å². The van der Waals surface area contributed by atoms with Gasteiger partial charge in [0, 0.05) is 9.58 Å². The molecule has 2 N–H and O–H groups in total. The number of benzene rings is 1. The minimum absolute atomic E-state index is 0.269. The maximum absolute atomic E-state index is 10.8. The Bertz CT molecular complexity index is 487. The van der Waals surface area contributed by atoms with E-state index in [1.165, 1.54) is 15.6 Å². The van der Waals surface area contributed by atoms with Crippen LogP contribution in [0.4, 0.5) is 0 Å². The van der Waals surface area contributed by atoms with Crippen LogP contribution >= 0.6 is 11.3 Å². The third kappa shape index (κ3) is 1.63. The highest BCUT2D eigenvalue weighted by molar-refractivity contribution is 7.19. The van der Waals surface area contributed by atoms with Gasteiger partial charge in [0.05, 0.1) is 6.42 Å². The number of fused-ring (bicyclic) bond motifs is 1. The van der Waals surface area contributed by atoms with E-state index in [0.29, 0.717) is 6.42 Å². The van der Waals surface area contributed by atoms with Gasteiger partial charge in [-0.2, -0.15) is 0 Å². The Balaban J connectivity index is 2.51. The molecule has 0 fully saturated rings. The first-order valence-corrected chi connectivity index (χ1v) is 5.25. The van der Waals surface area contributed by atoms with Gasteiger partial charge in [0.15, 0.2) is 0 Å². The van der Waals surface area contributed by atoms with Crippen LogP contribution in [0.1, 0.15) is 10.4 Å². The fourth-order valence-electron chi connectivity index (χ4n) is 1.52. The summed E-state index contributed by atoms with van der Waals surface area (Å²) in [5, 5.41) is 1.23. The molecule has 0 aliphatic heterocycles. The van der Waals surface area contributed by atoms with Crippen molar-refractivity contribution < 1.29 is 4.79 Å². The zero-order valence-corrected chi connectivity index (χ0v) is 8.73. The highest BCUT2D eigenvalue weighted by atomic mass is 32.1. The lowest BCUT2D eigenvalue weighted by Gasteiger charge is -1.91. The van der Waals surface area contributed by atoms with E-state index in [-0.39, 0.29) is 5.91 Å². The Labute approximate surface area is 86.3 Å². The summed E-state index contributed by atoms with van der Waals surface area (Å²) < 4.78 is 1.22. The number of rotatable bonds is 2. The first-order chi connectivity index (χ1) is 6.66. The Kier molecular flexibility index (Phi) is 2.25. The van der Waals surface area contributed by atoms with Crippen LogP contribution in [0, 0.1) is 6.92 Å². The van der Waals surface area contributed by atoms with E-state index in [2.05, 4.69) is 25.1 Å². The van der Waals surface area contributed by atoms with Crippen molar-refractivity contribution in [2.45, 2.75) is 13.3 Å². The van der Waals surface area contributed by atoms with Crippen molar-refractivity contribution in [3.8, 4) is 0 Å². The minimum Gasteiger partial charge on any atom is -0.369 e. The summed E-state index contributed by atoms with van der Waals surface area (Å²) in [6, 6.07) is 8.23. The normalized spacial score (nSPS) is 10.6. The topological polar surface area (TPSA) is 43.1 Å². The third-order valence-corrected chi connectivity index (χ3v) is 3.28. The number of amides is 1. The van der Waals surface area contributed by atoms with E-state index in [1.54, 1.807) is 11.3 Å². The van der Waals surface area contributed by atoms with Crippen molar-refractivity contribution in [2.24, 2.45) is 5.73 Å². The molecule has 0 atom stereocenters. The molecule has 1 heterocycles. The Hall–Kier alpha value is -1.35. The molecule has 2 rings (SSSR count). The van der Waals surface area contributed by atoms with Crippen LogP contribution < -0.4 is 5.73 Å². The standard InChI is InChI=1S/C11H11NOS/c1-7-3-2-4-10-9(7)5-8(14-10)6-11(12)13/h2-5H,6H2,1H3,(H2,12,13). The van der Waals surface area contributed by atoms with E-state index < -0.39 is 0 Å². The molecule has 0 aliphatic carbocycles. The molecule has 0 saturated carbocycles. The number of hydrogen-bond donors (Lipinski definition) is 1. The van der Waals surface area contributed by atoms with Gasteiger partial charge in [-0.3, -0.25) is 4.79 Å². The van der Waals surface area contributed by atoms with Gasteiger partial charge in [-0.05, 0) is 30.0 Å². The van der Waals surface area contributed by atoms with E-state index in [1.807, 2.05) is 6.07 Å². The number of carbonyl (C=O) groups is 1. The molecule has 72 valence electrons. The Morgan fingerprint density at radius 3 is 2.93 bits per heavy atom. The second-order valence-corrected chi connectivity index (χ2v) is 4.51. The zero-order chi connectivity index (χ0) is 10.1. The molecular weight excluding hydrogens is 194 g/mol. The van der Waals surface area contributed by atoms with Crippen molar-refractivity contribution in [3.63, 3.8) is 0 Å². The molecule has 2 aromatic rings. The van der Waals surface area contributed by atoms with Crippen molar-refractivity contribution in [1.29, 1.82) is 0 Å². The number of aryl methyl sites for hydroxylation is 1. The quantitative estimate of drug-likeness (QED) is 0.802. The summed E-state index contributed by atoms with van der Waals surface area (Å²) in [7, 11) is 0. The van der Waals surface area contributed by atoms with Crippen LogP contribution in [0.15, 0.2) is 24.3 Å². The molecule has 2 nitrogen and oxygen atoms in total. The summed E-state index contributed by atoms with van der Waals surface area (Å²) in [6.45, 7) is 2.07. The Morgan fingerprint density at radius 1 is 1.50 bits per heavy atom. The molecule has 0 saturated heterocycles. The van der Waals surface area contributed by atoms with Gasteiger partial charge in [-0.15, -0.1) is 11.3 Å². The first kappa shape index (κ1) is 9.21. The van der Waals surface area contributed by atoms with Gasteiger partial charge < -0.3 is 5.73 Å². The number of thiophene rings is 1. The maximum atomic E-state index is 10.8. The van der Waals surface area contributed by atoms with Crippen molar-refractivity contribution in [2.75, 3.05) is 0 Å². The van der Waals surface area contributed by atoms with E-state index in [4.69, 9.17) is 5.73 Å². The fraction of sp³-hybridized carbons (Fsp3) is 0.182. The van der Waals surface area contributed by atoms with Gasteiger partial charge in [0.1, 0.15) is 0 Å². The summed E-state index contributed by atoms with van der Waals surface area (Å²) in [6.07, 6.45) is 0.346. The summed E-state index contributed by atoms with van der Waals surface area (Å²) in [4.78, 5) is 11.8. The lowest BCUT2D eigenvalue weighted by atomic mass is 10.1. The molecule has 3 heteroatoms. The van der Waals surface area contributed by atoms with Gasteiger partial charge in [0.2, 0.25) is 5.91 Å². The lowest BCUT2D eigenvalue weighted by Crippen LogP contribution is -2.12. The van der Waals surface area contributed by atoms with E-state index >= 15 is 0 Å². The average molecular weight is 205 g/mol. The molecule has 14 heavy (non-hydrogen) atoms. The second kappa shape index (κ2) is 3.42. The predicted octanol–water partition coefficient (Wildman–Crippen LogP) is 2.24. The SMILES string of the molecule is Cc1cccc2sc(CC(N)=O)cc12. The molecule has 0 unspecified atom stereocenters. The number of carbonyl (C=O) groups excluding carboxylic acids is 1. The molecule has 1 aromatic carbocycles. The minimum atomic E-state index is -0.269. The second-order valence-electron chi connectivity index (χ2n) is 3.34. The largest absolute Gasteiger partial charge is 0.369 e. The molecule has 0 spiro atoms. The van der Waals surface area contributed by atoms with Crippen molar-refractivity contribution >= 4 is 27.3 Å². The molecule has 1 aromatic heterocycles. The zero-order valence-electron chi connectivity index (χ0n) is 7.91. The number of nitrogens with two attached hydrogens (primary N) is 1. The lowest BCUT2D eigenvalue weighted by molar-refractivity contribution is -0.117. The van der Waals surface area contributed by atoms with Crippen LogP contribution in [0.5, 0.6) is 0 Å². The first-order valence-electron chi connectivity index (χ1n) is 4.43. The van der Waals surface area contributed by atoms with Crippen LogP contribution in [-0.2, 0) is 11.2 Å². The fourth-order valence-corrected chi connectivity index (χ4v) is 2.67. The molecule has 0 radical (unpaired) electrons. The van der Waals surface area contributed by atoms with Gasteiger partial charge in [0.25, 0.3) is 0 Å². The van der Waals surface area contributed by atoms with E-state index in [0.717, 1.165) is 4.88 Å². The van der Waals surface area contributed by atoms with Crippen LogP contribution in [-0.4, -0.2) is 5.91 Å². The number of primary amides is 1. The summed E-state index contributed by atoms with van der Waals surface area (Å²) >= 11 is 1.64. The Morgan fingerprint density at radius 2 is 2.29 bits per heavy atom. The monoisotopic (exact) mass is 205 g/mol. The highest BCUT2D eigenvalue weighted by Crippen LogP contribution is 2.28. The van der Waals surface area contributed by atoms with Crippen LogP contribution in [0.2, 0.25) is 0 Å². The maximum Gasteiger partial charge on any atom is 0.222 e. The smallest absolute Gasteiger partial charge is 0.222 e. The molecule has 0 bridgehead atoms. The van der Waals surface area contributed by atoms with E-state index in [9.17, 15) is 4.79 Å². The molecule has 0 aliphatic rings. The average Bonchev–Trinajstić information content (AvgIpc) is 2.47. The highest BCUT2D eigenvalue weighted by Gasteiger charge is 2.05. The third-order valence-electron chi connectivity index (χ3n) is 2.18. The summed E-state index contributed by atoms with van der Waals surface area (Å²) in [5.74, 6) is -0.269. The number of hydrogen-bond acceptors (Lipinski definition) is 2. The van der Waals surface area contributed by atoms with Crippen molar-refractivity contribution in [1.82, 2.24) is 0 Å². The van der Waals surface area contributed by atoms with Crippen molar-refractivity contribution in [3.05, 3.63) is 34.7 Å². The summed E-state index contributed by atoms with van der Waals surface area (Å²) in [5.41, 5.74) is 6.40. The predicted molar refractivity (Wildman–Crippen MR) is 59.5 cm³/mol. The molecular formula is C11H11NOS. The van der Waals surface area contributed by atoms with Gasteiger partial charge >= 0.3 is 0 Å². The van der Waals surface area contributed by atoms with Crippen LogP contribution in [0.3, 0.4) is 0 Å². The molecule has 1 amide bonds. The van der Waals surface area contributed by atoms with Gasteiger partial charge in [-0.25, -0.2) is 0 Å². The van der Waals surface area contributed by atoms with Crippen LogP contribution in [0.25, 0.3) is 10.1 Å².